The molecular formula is C13H16N4O2. The lowest BCUT2D eigenvalue weighted by atomic mass is 10.2. The van der Waals surface area contributed by atoms with E-state index < -0.39 is 0 Å². The first-order valence-corrected chi connectivity index (χ1v) is 5.79. The van der Waals surface area contributed by atoms with Crippen LogP contribution in [0.2, 0.25) is 0 Å². The van der Waals surface area contributed by atoms with Crippen molar-refractivity contribution >= 4 is 17.4 Å². The van der Waals surface area contributed by atoms with Gasteiger partial charge in [-0.2, -0.15) is 5.10 Å². The maximum atomic E-state index is 12.1. The van der Waals surface area contributed by atoms with Crippen LogP contribution in [-0.4, -0.2) is 23.2 Å². The number of hydrogen-bond donors (Lipinski definition) is 3. The van der Waals surface area contributed by atoms with Gasteiger partial charge in [0.15, 0.2) is 5.82 Å². The molecule has 0 aliphatic carbocycles. The number of aromatic amines is 1. The third-order valence-electron chi connectivity index (χ3n) is 2.85. The van der Waals surface area contributed by atoms with Crippen LogP contribution in [-0.2, 0) is 0 Å². The summed E-state index contributed by atoms with van der Waals surface area (Å²) < 4.78 is 5.17. The molecule has 1 aromatic heterocycles. The van der Waals surface area contributed by atoms with Gasteiger partial charge in [-0.1, -0.05) is 0 Å². The molecule has 4 N–H and O–H groups in total. The molecule has 0 radical (unpaired) electrons. The minimum absolute atomic E-state index is 0.195. The van der Waals surface area contributed by atoms with Crippen LogP contribution in [0.4, 0.5) is 11.5 Å². The largest absolute Gasteiger partial charge is 0.496 e. The molecule has 0 saturated heterocycles. The van der Waals surface area contributed by atoms with Crippen LogP contribution in [0.5, 0.6) is 5.75 Å². The first-order valence-electron chi connectivity index (χ1n) is 5.79. The molecule has 2 aromatic rings. The van der Waals surface area contributed by atoms with E-state index in [9.17, 15) is 4.79 Å². The van der Waals surface area contributed by atoms with Crippen molar-refractivity contribution in [2.75, 3.05) is 18.2 Å². The Kier molecular flexibility index (Phi) is 3.41. The molecule has 100 valence electrons. The van der Waals surface area contributed by atoms with Crippen LogP contribution < -0.4 is 15.8 Å². The summed E-state index contributed by atoms with van der Waals surface area (Å²) in [7, 11) is 1.61. The Balaban J connectivity index is 2.22. The number of aryl methyl sites for hydroxylation is 2. The number of amides is 1. The molecule has 2 rings (SSSR count). The van der Waals surface area contributed by atoms with E-state index in [1.807, 2.05) is 13.0 Å². The third kappa shape index (κ3) is 2.52. The molecule has 1 amide bonds. The van der Waals surface area contributed by atoms with Crippen molar-refractivity contribution in [1.29, 1.82) is 0 Å². The Morgan fingerprint density at radius 1 is 1.42 bits per heavy atom. The number of hydrogen-bond acceptors (Lipinski definition) is 4. The molecule has 0 saturated carbocycles. The Morgan fingerprint density at radius 3 is 2.68 bits per heavy atom. The molecule has 0 spiro atoms. The number of carbonyl (C=O) groups is 1. The number of aromatic nitrogens is 2. The topological polar surface area (TPSA) is 93.0 Å². The van der Waals surface area contributed by atoms with Gasteiger partial charge in [-0.3, -0.25) is 9.89 Å². The number of nitrogen functional groups attached to an aromatic ring is 1. The Bertz CT molecular complexity index is 600. The number of anilines is 2. The minimum atomic E-state index is -0.284. The summed E-state index contributed by atoms with van der Waals surface area (Å²) >= 11 is 0. The van der Waals surface area contributed by atoms with Gasteiger partial charge in [0.2, 0.25) is 0 Å². The number of rotatable bonds is 3. The average molecular weight is 260 g/mol. The highest BCUT2D eigenvalue weighted by Gasteiger charge is 2.16. The second kappa shape index (κ2) is 5.01. The van der Waals surface area contributed by atoms with E-state index >= 15 is 0 Å². The first-order chi connectivity index (χ1) is 9.02. The van der Waals surface area contributed by atoms with Crippen molar-refractivity contribution in [1.82, 2.24) is 10.2 Å². The number of ether oxygens (including phenoxy) is 1. The SMILES string of the molecule is COc1ccc(NC(=O)c2c(N)n[nH]c2C)cc1C. The van der Waals surface area contributed by atoms with Gasteiger partial charge in [0.1, 0.15) is 11.3 Å². The molecule has 0 fully saturated rings. The normalized spacial score (nSPS) is 10.3. The lowest BCUT2D eigenvalue weighted by Gasteiger charge is -2.09. The van der Waals surface area contributed by atoms with Crippen LogP contribution in [0, 0.1) is 13.8 Å². The molecule has 6 heteroatoms. The van der Waals surface area contributed by atoms with Crippen LogP contribution >= 0.6 is 0 Å². The molecule has 0 atom stereocenters. The van der Waals surface area contributed by atoms with Crippen molar-refractivity contribution in [3.05, 3.63) is 35.0 Å². The van der Waals surface area contributed by atoms with Gasteiger partial charge < -0.3 is 15.8 Å². The minimum Gasteiger partial charge on any atom is -0.496 e. The molecule has 1 aromatic carbocycles. The number of carbonyl (C=O) groups excluding carboxylic acids is 1. The molecule has 0 aliphatic rings. The van der Waals surface area contributed by atoms with E-state index in [2.05, 4.69) is 15.5 Å². The van der Waals surface area contributed by atoms with Crippen LogP contribution in [0.15, 0.2) is 18.2 Å². The number of nitrogens with one attached hydrogen (secondary N) is 2. The molecule has 19 heavy (non-hydrogen) atoms. The molecule has 0 unspecified atom stereocenters. The molecule has 6 nitrogen and oxygen atoms in total. The molecule has 0 aliphatic heterocycles. The predicted octanol–water partition coefficient (Wildman–Crippen LogP) is 1.87. The maximum Gasteiger partial charge on any atom is 0.261 e. The standard InChI is InChI=1S/C13H16N4O2/c1-7-6-9(4-5-10(7)19-3)15-13(18)11-8(2)16-17-12(11)14/h4-6H,1-3H3,(H,15,18)(H3,14,16,17). The molecular weight excluding hydrogens is 244 g/mol. The summed E-state index contributed by atoms with van der Waals surface area (Å²) in [5.41, 5.74) is 8.28. The van der Waals surface area contributed by atoms with E-state index in [-0.39, 0.29) is 11.7 Å². The fourth-order valence-electron chi connectivity index (χ4n) is 1.88. The highest BCUT2D eigenvalue weighted by Crippen LogP contribution is 2.22. The summed E-state index contributed by atoms with van der Waals surface area (Å²) in [5.74, 6) is 0.686. The summed E-state index contributed by atoms with van der Waals surface area (Å²) in [6, 6.07) is 5.41. The van der Waals surface area contributed by atoms with E-state index in [1.165, 1.54) is 0 Å². The van der Waals surface area contributed by atoms with Crippen molar-refractivity contribution in [2.24, 2.45) is 0 Å². The Morgan fingerprint density at radius 2 is 2.16 bits per heavy atom. The fourth-order valence-corrected chi connectivity index (χ4v) is 1.88. The smallest absolute Gasteiger partial charge is 0.261 e. The molecule has 0 bridgehead atoms. The van der Waals surface area contributed by atoms with Gasteiger partial charge in [-0.25, -0.2) is 0 Å². The van der Waals surface area contributed by atoms with Gasteiger partial charge in [-0.05, 0) is 37.6 Å². The summed E-state index contributed by atoms with van der Waals surface area (Å²) in [5, 5.41) is 9.26. The fraction of sp³-hybridized carbons (Fsp3) is 0.231. The van der Waals surface area contributed by atoms with Crippen molar-refractivity contribution in [2.45, 2.75) is 13.8 Å². The maximum absolute atomic E-state index is 12.1. The number of benzene rings is 1. The lowest BCUT2D eigenvalue weighted by Crippen LogP contribution is -2.14. The average Bonchev–Trinajstić information content (AvgIpc) is 2.69. The van der Waals surface area contributed by atoms with E-state index in [0.717, 1.165) is 11.3 Å². The first kappa shape index (κ1) is 12.9. The lowest BCUT2D eigenvalue weighted by molar-refractivity contribution is 0.102. The summed E-state index contributed by atoms with van der Waals surface area (Å²) in [6.07, 6.45) is 0. The van der Waals surface area contributed by atoms with Crippen molar-refractivity contribution < 1.29 is 9.53 Å². The number of nitrogens with zero attached hydrogens (tertiary/aromatic N) is 1. The predicted molar refractivity (Wildman–Crippen MR) is 73.4 cm³/mol. The zero-order valence-electron chi connectivity index (χ0n) is 11.1. The number of methoxy groups -OCH3 is 1. The summed E-state index contributed by atoms with van der Waals surface area (Å²) in [6.45, 7) is 3.66. The number of nitrogens with two attached hydrogens (primary N) is 1. The highest BCUT2D eigenvalue weighted by molar-refractivity contribution is 6.08. The zero-order chi connectivity index (χ0) is 14.0. The van der Waals surface area contributed by atoms with Gasteiger partial charge >= 0.3 is 0 Å². The van der Waals surface area contributed by atoms with E-state index in [1.54, 1.807) is 26.2 Å². The number of H-pyrrole nitrogens is 1. The van der Waals surface area contributed by atoms with Gasteiger partial charge in [0, 0.05) is 11.4 Å². The summed E-state index contributed by atoms with van der Waals surface area (Å²) in [4.78, 5) is 12.1. The zero-order valence-corrected chi connectivity index (χ0v) is 11.1. The Hall–Kier alpha value is -2.50. The second-order valence-electron chi connectivity index (χ2n) is 4.25. The van der Waals surface area contributed by atoms with Crippen molar-refractivity contribution in [3.63, 3.8) is 0 Å². The monoisotopic (exact) mass is 260 g/mol. The van der Waals surface area contributed by atoms with Crippen LogP contribution in [0.1, 0.15) is 21.6 Å². The van der Waals surface area contributed by atoms with E-state index in [4.69, 9.17) is 10.5 Å². The quantitative estimate of drug-likeness (QED) is 0.785. The highest BCUT2D eigenvalue weighted by atomic mass is 16.5. The second-order valence-corrected chi connectivity index (χ2v) is 4.25. The Labute approximate surface area is 111 Å². The van der Waals surface area contributed by atoms with Crippen molar-refractivity contribution in [3.8, 4) is 5.75 Å². The molecule has 1 heterocycles. The third-order valence-corrected chi connectivity index (χ3v) is 2.85. The van der Waals surface area contributed by atoms with Gasteiger partial charge in [-0.15, -0.1) is 0 Å². The van der Waals surface area contributed by atoms with Crippen LogP contribution in [0.3, 0.4) is 0 Å². The van der Waals surface area contributed by atoms with E-state index in [0.29, 0.717) is 16.9 Å². The van der Waals surface area contributed by atoms with Crippen LogP contribution in [0.25, 0.3) is 0 Å². The van der Waals surface area contributed by atoms with Gasteiger partial charge in [0.05, 0.1) is 7.11 Å². The van der Waals surface area contributed by atoms with Gasteiger partial charge in [0.25, 0.3) is 5.91 Å².